The third-order valence-corrected chi connectivity index (χ3v) is 4.62. The van der Waals surface area contributed by atoms with E-state index in [2.05, 4.69) is 31.2 Å². The molecule has 1 aromatic heterocycles. The van der Waals surface area contributed by atoms with Gasteiger partial charge < -0.3 is 30.7 Å². The van der Waals surface area contributed by atoms with Crippen molar-refractivity contribution in [3.63, 3.8) is 0 Å². The Kier molecular flexibility index (Phi) is 7.93. The lowest BCUT2D eigenvalue weighted by atomic mass is 10.3. The van der Waals surface area contributed by atoms with E-state index in [4.69, 9.17) is 21.1 Å². The van der Waals surface area contributed by atoms with Gasteiger partial charge in [-0.25, -0.2) is 9.78 Å². The van der Waals surface area contributed by atoms with Crippen LogP contribution in [0.2, 0.25) is 5.02 Å². The molecule has 3 aromatic rings. The molecule has 0 saturated heterocycles. The van der Waals surface area contributed by atoms with Gasteiger partial charge in [0, 0.05) is 36.2 Å². The van der Waals surface area contributed by atoms with Crippen LogP contribution >= 0.6 is 11.6 Å². The lowest BCUT2D eigenvalue weighted by Crippen LogP contribution is -2.32. The fourth-order valence-electron chi connectivity index (χ4n) is 2.80. The molecule has 168 valence electrons. The highest BCUT2D eigenvalue weighted by Gasteiger charge is 2.06. The van der Waals surface area contributed by atoms with Crippen LogP contribution in [0.4, 0.5) is 27.9 Å². The average molecular weight is 457 g/mol. The zero-order valence-corrected chi connectivity index (χ0v) is 18.8. The molecule has 0 aliphatic rings. The number of aromatic nitrogens is 2. The van der Waals surface area contributed by atoms with E-state index in [1.165, 1.54) is 7.11 Å². The van der Waals surface area contributed by atoms with Crippen molar-refractivity contribution in [2.24, 2.45) is 0 Å². The number of methoxy groups -OCH3 is 2. The highest BCUT2D eigenvalue weighted by molar-refractivity contribution is 6.32. The molecule has 4 N–H and O–H groups in total. The Bertz CT molecular complexity index is 1060. The van der Waals surface area contributed by atoms with E-state index in [9.17, 15) is 4.79 Å². The molecule has 3 rings (SSSR count). The maximum Gasteiger partial charge on any atom is 0.319 e. The first-order valence-corrected chi connectivity index (χ1v) is 10.2. The highest BCUT2D eigenvalue weighted by atomic mass is 35.5. The summed E-state index contributed by atoms with van der Waals surface area (Å²) in [6.07, 6.45) is 0. The number of nitrogens with one attached hydrogen (secondary N) is 4. The van der Waals surface area contributed by atoms with Crippen molar-refractivity contribution in [2.45, 2.75) is 6.92 Å². The summed E-state index contributed by atoms with van der Waals surface area (Å²) in [5.74, 6) is 2.45. The number of hydrogen-bond donors (Lipinski definition) is 4. The van der Waals surface area contributed by atoms with Gasteiger partial charge in [-0.1, -0.05) is 11.6 Å². The smallest absolute Gasteiger partial charge is 0.319 e. The second-order valence-electron chi connectivity index (χ2n) is 6.73. The Morgan fingerprint density at radius 1 is 0.969 bits per heavy atom. The molecule has 2 aromatic carbocycles. The van der Waals surface area contributed by atoms with E-state index in [-0.39, 0.29) is 6.03 Å². The normalized spacial score (nSPS) is 10.2. The van der Waals surface area contributed by atoms with Crippen LogP contribution in [0, 0.1) is 6.92 Å². The highest BCUT2D eigenvalue weighted by Crippen LogP contribution is 2.27. The van der Waals surface area contributed by atoms with Gasteiger partial charge in [0.2, 0.25) is 5.95 Å². The molecule has 32 heavy (non-hydrogen) atoms. The van der Waals surface area contributed by atoms with Crippen LogP contribution in [0.25, 0.3) is 0 Å². The number of carbonyl (C=O) groups excluding carboxylic acids is 1. The Hall–Kier alpha value is -3.72. The number of aryl methyl sites for hydroxylation is 1. The molecule has 0 aliphatic heterocycles. The Morgan fingerprint density at radius 2 is 1.72 bits per heavy atom. The molecule has 9 nitrogen and oxygen atoms in total. The third kappa shape index (κ3) is 6.64. The summed E-state index contributed by atoms with van der Waals surface area (Å²) < 4.78 is 10.3. The number of urea groups is 1. The van der Waals surface area contributed by atoms with E-state index in [1.807, 2.05) is 37.3 Å². The van der Waals surface area contributed by atoms with Gasteiger partial charge in [0.1, 0.15) is 17.3 Å². The van der Waals surface area contributed by atoms with Crippen molar-refractivity contribution in [3.8, 4) is 11.5 Å². The number of nitrogens with zero attached hydrogens (tertiary/aromatic N) is 2. The van der Waals surface area contributed by atoms with Crippen LogP contribution in [-0.4, -0.2) is 43.3 Å². The maximum absolute atomic E-state index is 12.1. The number of anilines is 4. The van der Waals surface area contributed by atoms with Crippen LogP contribution in [-0.2, 0) is 0 Å². The van der Waals surface area contributed by atoms with Gasteiger partial charge in [0.15, 0.2) is 0 Å². The fourth-order valence-corrected chi connectivity index (χ4v) is 3.06. The van der Waals surface area contributed by atoms with E-state index in [0.717, 1.165) is 17.1 Å². The second-order valence-corrected chi connectivity index (χ2v) is 7.14. The Balaban J connectivity index is 1.48. The van der Waals surface area contributed by atoms with Crippen molar-refractivity contribution >= 4 is 40.8 Å². The molecule has 10 heteroatoms. The van der Waals surface area contributed by atoms with Gasteiger partial charge in [0.25, 0.3) is 0 Å². The molecule has 0 unspecified atom stereocenters. The number of amides is 2. The van der Waals surface area contributed by atoms with Gasteiger partial charge in [0.05, 0.1) is 19.2 Å². The summed E-state index contributed by atoms with van der Waals surface area (Å²) in [5.41, 5.74) is 2.25. The van der Waals surface area contributed by atoms with E-state index < -0.39 is 0 Å². The molecule has 0 saturated carbocycles. The average Bonchev–Trinajstić information content (AvgIpc) is 2.77. The predicted molar refractivity (Wildman–Crippen MR) is 127 cm³/mol. The third-order valence-electron chi connectivity index (χ3n) is 4.32. The summed E-state index contributed by atoms with van der Waals surface area (Å²) >= 11 is 6.07. The zero-order valence-electron chi connectivity index (χ0n) is 18.0. The van der Waals surface area contributed by atoms with Gasteiger partial charge in [-0.05, 0) is 49.4 Å². The molecule has 0 bridgehead atoms. The van der Waals surface area contributed by atoms with Crippen LogP contribution in [0.3, 0.4) is 0 Å². The topological polar surface area (TPSA) is 109 Å². The minimum absolute atomic E-state index is 0.347. The summed E-state index contributed by atoms with van der Waals surface area (Å²) in [5, 5.41) is 12.2. The molecule has 0 radical (unpaired) electrons. The number of benzene rings is 2. The zero-order chi connectivity index (χ0) is 22.9. The predicted octanol–water partition coefficient (Wildman–Crippen LogP) is 4.43. The van der Waals surface area contributed by atoms with Crippen LogP contribution in [0.1, 0.15) is 5.69 Å². The quantitative estimate of drug-likeness (QED) is 0.352. The first-order chi connectivity index (χ1) is 15.5. The number of hydrogen-bond acceptors (Lipinski definition) is 7. The lowest BCUT2D eigenvalue weighted by molar-refractivity contribution is 0.252. The van der Waals surface area contributed by atoms with Gasteiger partial charge >= 0.3 is 6.03 Å². The summed E-state index contributed by atoms with van der Waals surface area (Å²) in [6.45, 7) is 2.70. The summed E-state index contributed by atoms with van der Waals surface area (Å²) in [6, 6.07) is 14.1. The number of rotatable bonds is 9. The van der Waals surface area contributed by atoms with Crippen molar-refractivity contribution in [3.05, 3.63) is 59.2 Å². The fraction of sp³-hybridized carbons (Fsp3) is 0.227. The van der Waals surface area contributed by atoms with Crippen molar-refractivity contribution in [2.75, 3.05) is 43.3 Å². The summed E-state index contributed by atoms with van der Waals surface area (Å²) in [4.78, 5) is 20.9. The Morgan fingerprint density at radius 3 is 2.41 bits per heavy atom. The monoisotopic (exact) mass is 456 g/mol. The number of halogens is 1. The van der Waals surface area contributed by atoms with Gasteiger partial charge in [-0.15, -0.1) is 0 Å². The van der Waals surface area contributed by atoms with E-state index in [0.29, 0.717) is 41.3 Å². The Labute approximate surface area is 191 Å². The molecular formula is C22H25ClN6O3. The van der Waals surface area contributed by atoms with Crippen molar-refractivity contribution < 1.29 is 14.3 Å². The SMILES string of the molecule is COc1ccc(Nc2cc(C)nc(NCCNC(=O)Nc3ccc(OC)c(Cl)c3)n2)cc1. The minimum Gasteiger partial charge on any atom is -0.497 e. The maximum atomic E-state index is 12.1. The van der Waals surface area contributed by atoms with Gasteiger partial charge in [-0.2, -0.15) is 4.98 Å². The minimum atomic E-state index is -0.347. The van der Waals surface area contributed by atoms with E-state index >= 15 is 0 Å². The molecule has 0 spiro atoms. The van der Waals surface area contributed by atoms with Crippen molar-refractivity contribution in [1.29, 1.82) is 0 Å². The number of carbonyl (C=O) groups is 1. The first-order valence-electron chi connectivity index (χ1n) is 9.86. The standard InChI is InChI=1S/C22H25ClN6O3/c1-14-12-20(27-15-4-7-17(31-2)8-5-15)29-21(26-14)24-10-11-25-22(30)28-16-6-9-19(32-3)18(23)13-16/h4-9,12-13H,10-11H2,1-3H3,(H2,25,28,30)(H2,24,26,27,29). The van der Waals surface area contributed by atoms with Crippen LogP contribution < -0.4 is 30.7 Å². The van der Waals surface area contributed by atoms with Gasteiger partial charge in [-0.3, -0.25) is 0 Å². The largest absolute Gasteiger partial charge is 0.497 e. The molecule has 2 amide bonds. The lowest BCUT2D eigenvalue weighted by Gasteiger charge is -2.11. The first kappa shape index (κ1) is 23.0. The molecule has 0 fully saturated rings. The van der Waals surface area contributed by atoms with Crippen LogP contribution in [0.15, 0.2) is 48.5 Å². The molecular weight excluding hydrogens is 432 g/mol. The van der Waals surface area contributed by atoms with E-state index in [1.54, 1.807) is 25.3 Å². The van der Waals surface area contributed by atoms with Crippen molar-refractivity contribution in [1.82, 2.24) is 15.3 Å². The molecule has 0 atom stereocenters. The molecule has 1 heterocycles. The number of ether oxygens (including phenoxy) is 2. The molecule has 0 aliphatic carbocycles. The summed E-state index contributed by atoms with van der Waals surface area (Å²) in [7, 11) is 3.16. The second kappa shape index (κ2) is 11.1. The van der Waals surface area contributed by atoms with Crippen LogP contribution in [0.5, 0.6) is 11.5 Å².